The van der Waals surface area contributed by atoms with Crippen LogP contribution in [0.5, 0.6) is 0 Å². The summed E-state index contributed by atoms with van der Waals surface area (Å²) in [6.07, 6.45) is 12.2. The summed E-state index contributed by atoms with van der Waals surface area (Å²) in [5, 5.41) is 3.58. The summed E-state index contributed by atoms with van der Waals surface area (Å²) < 4.78 is 0. The van der Waals surface area contributed by atoms with Crippen LogP contribution in [0.25, 0.3) is 0 Å². The third kappa shape index (κ3) is 4.48. The van der Waals surface area contributed by atoms with Crippen LogP contribution in [0, 0.1) is 0 Å². The minimum absolute atomic E-state index is 0.370. The van der Waals surface area contributed by atoms with Crippen molar-refractivity contribution in [1.82, 2.24) is 10.2 Å². The number of amides is 1. The molecule has 1 saturated carbocycles. The number of piperidine rings is 1. The van der Waals surface area contributed by atoms with Gasteiger partial charge in [0.2, 0.25) is 5.91 Å². The van der Waals surface area contributed by atoms with Gasteiger partial charge in [-0.15, -0.1) is 0 Å². The SMILES string of the molecule is CCC1CCCCN1C(=O)CCNC1CCCCC1. The number of hydrogen-bond acceptors (Lipinski definition) is 2. The molecule has 3 heteroatoms. The summed E-state index contributed by atoms with van der Waals surface area (Å²) in [5.41, 5.74) is 0. The number of likely N-dealkylation sites (tertiary alicyclic amines) is 1. The van der Waals surface area contributed by atoms with Gasteiger partial charge in [0.1, 0.15) is 0 Å². The molecule has 3 nitrogen and oxygen atoms in total. The molecule has 2 aliphatic rings. The molecule has 2 fully saturated rings. The van der Waals surface area contributed by atoms with Crippen molar-refractivity contribution < 1.29 is 4.79 Å². The third-order valence-corrected chi connectivity index (χ3v) is 4.80. The highest BCUT2D eigenvalue weighted by Crippen LogP contribution is 2.20. The van der Waals surface area contributed by atoms with Crippen LogP contribution in [0.15, 0.2) is 0 Å². The maximum atomic E-state index is 12.3. The Morgan fingerprint density at radius 2 is 1.84 bits per heavy atom. The molecule has 0 aromatic rings. The Bertz CT molecular complexity index is 274. The molecule has 0 spiro atoms. The second kappa shape index (κ2) is 7.88. The molecule has 0 aromatic heterocycles. The van der Waals surface area contributed by atoms with Crippen LogP contribution in [0.3, 0.4) is 0 Å². The first-order valence-corrected chi connectivity index (χ1v) is 8.34. The van der Waals surface area contributed by atoms with E-state index in [1.807, 2.05) is 0 Å². The second-order valence-electron chi connectivity index (χ2n) is 6.18. The number of rotatable bonds is 5. The Balaban J connectivity index is 1.67. The van der Waals surface area contributed by atoms with Crippen molar-refractivity contribution >= 4 is 5.91 Å². The van der Waals surface area contributed by atoms with Gasteiger partial charge in [-0.25, -0.2) is 0 Å². The highest BCUT2D eigenvalue weighted by molar-refractivity contribution is 5.76. The highest BCUT2D eigenvalue weighted by Gasteiger charge is 2.24. The van der Waals surface area contributed by atoms with E-state index >= 15 is 0 Å². The van der Waals surface area contributed by atoms with Crippen LogP contribution >= 0.6 is 0 Å². The van der Waals surface area contributed by atoms with Gasteiger partial charge in [-0.1, -0.05) is 26.2 Å². The first-order chi connectivity index (χ1) is 9.31. The monoisotopic (exact) mass is 266 g/mol. The first kappa shape index (κ1) is 14.8. The van der Waals surface area contributed by atoms with Gasteiger partial charge in [0.15, 0.2) is 0 Å². The minimum Gasteiger partial charge on any atom is -0.340 e. The van der Waals surface area contributed by atoms with Crippen molar-refractivity contribution in [3.8, 4) is 0 Å². The Hall–Kier alpha value is -0.570. The lowest BCUT2D eigenvalue weighted by Gasteiger charge is -2.35. The van der Waals surface area contributed by atoms with E-state index in [4.69, 9.17) is 0 Å². The fourth-order valence-corrected chi connectivity index (χ4v) is 3.59. The lowest BCUT2D eigenvalue weighted by Crippen LogP contribution is -2.44. The van der Waals surface area contributed by atoms with Gasteiger partial charge in [0.05, 0.1) is 0 Å². The molecule has 2 rings (SSSR count). The summed E-state index contributed by atoms with van der Waals surface area (Å²) >= 11 is 0. The molecule has 1 amide bonds. The molecule has 1 heterocycles. The fourth-order valence-electron chi connectivity index (χ4n) is 3.59. The molecule has 1 atom stereocenters. The van der Waals surface area contributed by atoms with Gasteiger partial charge < -0.3 is 10.2 Å². The van der Waals surface area contributed by atoms with Crippen LogP contribution in [-0.2, 0) is 4.79 Å². The molecule has 1 saturated heterocycles. The minimum atomic E-state index is 0.370. The molecule has 0 aromatic carbocycles. The lowest BCUT2D eigenvalue weighted by atomic mass is 9.95. The molecule has 0 radical (unpaired) electrons. The second-order valence-corrected chi connectivity index (χ2v) is 6.18. The number of hydrogen-bond donors (Lipinski definition) is 1. The van der Waals surface area contributed by atoms with E-state index < -0.39 is 0 Å². The average Bonchev–Trinajstić information content (AvgIpc) is 2.48. The van der Waals surface area contributed by atoms with Gasteiger partial charge in [0.25, 0.3) is 0 Å². The molecule has 0 bridgehead atoms. The van der Waals surface area contributed by atoms with E-state index in [1.54, 1.807) is 0 Å². The van der Waals surface area contributed by atoms with E-state index in [0.29, 0.717) is 24.4 Å². The number of nitrogens with one attached hydrogen (secondary N) is 1. The zero-order chi connectivity index (χ0) is 13.5. The van der Waals surface area contributed by atoms with Crippen molar-refractivity contribution in [2.45, 2.75) is 83.2 Å². The van der Waals surface area contributed by atoms with Crippen LogP contribution < -0.4 is 5.32 Å². The molecule has 110 valence electrons. The topological polar surface area (TPSA) is 32.3 Å². The summed E-state index contributed by atoms with van der Waals surface area (Å²) in [6.45, 7) is 4.06. The molecule has 19 heavy (non-hydrogen) atoms. The summed E-state index contributed by atoms with van der Waals surface area (Å²) in [7, 11) is 0. The molecular formula is C16H30N2O. The molecular weight excluding hydrogens is 236 g/mol. The molecule has 1 unspecified atom stereocenters. The van der Waals surface area contributed by atoms with Gasteiger partial charge >= 0.3 is 0 Å². The van der Waals surface area contributed by atoms with Crippen molar-refractivity contribution in [2.24, 2.45) is 0 Å². The van der Waals surface area contributed by atoms with Gasteiger partial charge in [-0.2, -0.15) is 0 Å². The zero-order valence-corrected chi connectivity index (χ0v) is 12.5. The highest BCUT2D eigenvalue weighted by atomic mass is 16.2. The lowest BCUT2D eigenvalue weighted by molar-refractivity contribution is -0.134. The van der Waals surface area contributed by atoms with Crippen molar-refractivity contribution in [2.75, 3.05) is 13.1 Å². The van der Waals surface area contributed by atoms with E-state index in [-0.39, 0.29) is 0 Å². The maximum absolute atomic E-state index is 12.3. The van der Waals surface area contributed by atoms with E-state index in [1.165, 1.54) is 51.4 Å². The average molecular weight is 266 g/mol. The largest absolute Gasteiger partial charge is 0.340 e. The van der Waals surface area contributed by atoms with Crippen molar-refractivity contribution in [1.29, 1.82) is 0 Å². The van der Waals surface area contributed by atoms with Crippen molar-refractivity contribution in [3.05, 3.63) is 0 Å². The smallest absolute Gasteiger partial charge is 0.224 e. The Morgan fingerprint density at radius 1 is 1.11 bits per heavy atom. The predicted octanol–water partition coefficient (Wildman–Crippen LogP) is 3.09. The standard InChI is InChI=1S/C16H30N2O/c1-2-15-10-6-7-13-18(15)16(19)11-12-17-14-8-4-3-5-9-14/h14-15,17H,2-13H2,1H3. The normalized spacial score (nSPS) is 25.5. The molecule has 1 aliphatic heterocycles. The van der Waals surface area contributed by atoms with Crippen LogP contribution in [0.2, 0.25) is 0 Å². The number of nitrogens with zero attached hydrogens (tertiary/aromatic N) is 1. The van der Waals surface area contributed by atoms with E-state index in [9.17, 15) is 4.79 Å². The molecule has 1 aliphatic carbocycles. The van der Waals surface area contributed by atoms with Gasteiger partial charge in [0, 0.05) is 31.6 Å². The predicted molar refractivity (Wildman–Crippen MR) is 79.1 cm³/mol. The van der Waals surface area contributed by atoms with Crippen LogP contribution in [0.1, 0.15) is 71.1 Å². The first-order valence-electron chi connectivity index (χ1n) is 8.34. The maximum Gasteiger partial charge on any atom is 0.224 e. The quantitative estimate of drug-likeness (QED) is 0.829. The zero-order valence-electron chi connectivity index (χ0n) is 12.5. The number of carbonyl (C=O) groups is 1. The fraction of sp³-hybridized carbons (Fsp3) is 0.938. The van der Waals surface area contributed by atoms with Crippen molar-refractivity contribution in [3.63, 3.8) is 0 Å². The molecule has 1 N–H and O–H groups in total. The summed E-state index contributed by atoms with van der Waals surface area (Å²) in [6, 6.07) is 1.18. The van der Waals surface area contributed by atoms with E-state index in [2.05, 4.69) is 17.1 Å². The Kier molecular flexibility index (Phi) is 6.15. The Labute approximate surface area is 118 Å². The number of carbonyl (C=O) groups excluding carboxylic acids is 1. The summed E-state index contributed by atoms with van der Waals surface area (Å²) in [4.78, 5) is 14.4. The van der Waals surface area contributed by atoms with E-state index in [0.717, 1.165) is 19.5 Å². The van der Waals surface area contributed by atoms with Crippen LogP contribution in [0.4, 0.5) is 0 Å². The van der Waals surface area contributed by atoms with Gasteiger partial charge in [-0.3, -0.25) is 4.79 Å². The summed E-state index contributed by atoms with van der Waals surface area (Å²) in [5.74, 6) is 0.370. The third-order valence-electron chi connectivity index (χ3n) is 4.80. The van der Waals surface area contributed by atoms with Gasteiger partial charge in [-0.05, 0) is 38.5 Å². The Morgan fingerprint density at radius 3 is 2.58 bits per heavy atom. The van der Waals surface area contributed by atoms with Crippen LogP contribution in [-0.4, -0.2) is 36.0 Å².